The van der Waals surface area contributed by atoms with Crippen LogP contribution in [0.5, 0.6) is 0 Å². The molecule has 1 unspecified atom stereocenters. The van der Waals surface area contributed by atoms with E-state index >= 15 is 0 Å². The number of rotatable bonds is 8. The Balaban J connectivity index is 2.01. The molecule has 0 aliphatic heterocycles. The van der Waals surface area contributed by atoms with Gasteiger partial charge in [0.2, 0.25) is 0 Å². The molecule has 0 radical (unpaired) electrons. The van der Waals surface area contributed by atoms with Crippen molar-refractivity contribution >= 4 is 40.1 Å². The molecule has 0 aromatic carbocycles. The fourth-order valence-electron chi connectivity index (χ4n) is 1.67. The number of aromatic nitrogens is 3. The lowest BCUT2D eigenvalue weighted by Crippen LogP contribution is -2.09. The van der Waals surface area contributed by atoms with E-state index in [4.69, 9.17) is 14.0 Å². The third kappa shape index (κ3) is 4.57. The van der Waals surface area contributed by atoms with Crippen LogP contribution >= 0.6 is 28.5 Å². The fourth-order valence-corrected chi connectivity index (χ4v) is 2.49. The van der Waals surface area contributed by atoms with Crippen molar-refractivity contribution in [3.05, 3.63) is 30.0 Å². The Morgan fingerprint density at radius 2 is 2.29 bits per heavy atom. The van der Waals surface area contributed by atoms with Gasteiger partial charge in [-0.25, -0.2) is 14.8 Å². The van der Waals surface area contributed by atoms with E-state index in [1.807, 2.05) is 0 Å². The van der Waals surface area contributed by atoms with E-state index in [2.05, 4.69) is 32.0 Å². The predicted octanol–water partition coefficient (Wildman–Crippen LogP) is 2.38. The topological polar surface area (TPSA) is 75.0 Å². The second-order valence-electron chi connectivity index (χ2n) is 3.95. The lowest BCUT2D eigenvalue weighted by Gasteiger charge is -2.05. The number of imidazole rings is 1. The third-order valence-corrected chi connectivity index (χ3v) is 3.83. The molecule has 0 saturated heterocycles. The summed E-state index contributed by atoms with van der Waals surface area (Å²) in [6, 6.07) is 1.78. The van der Waals surface area contributed by atoms with Gasteiger partial charge < -0.3 is 14.0 Å². The number of carbonyl (C=O) groups is 1. The van der Waals surface area contributed by atoms with Gasteiger partial charge in [-0.1, -0.05) is 0 Å². The van der Waals surface area contributed by atoms with Crippen molar-refractivity contribution in [2.45, 2.75) is 13.5 Å². The van der Waals surface area contributed by atoms with Crippen LogP contribution in [0, 0.1) is 0 Å². The summed E-state index contributed by atoms with van der Waals surface area (Å²) in [5, 5.41) is 0. The fraction of sp³-hybridized carbons (Fsp3) is 0.417. The van der Waals surface area contributed by atoms with Crippen LogP contribution in [0.4, 0.5) is 0 Å². The van der Waals surface area contributed by atoms with E-state index in [0.717, 1.165) is 5.69 Å². The summed E-state index contributed by atoms with van der Waals surface area (Å²) in [7, 11) is 0. The largest absolute Gasteiger partial charge is 0.461 e. The molecule has 0 saturated carbocycles. The number of hydrogen-bond acceptors (Lipinski definition) is 6. The van der Waals surface area contributed by atoms with E-state index in [1.54, 1.807) is 23.7 Å². The first-order valence-electron chi connectivity index (χ1n) is 6.30. The van der Waals surface area contributed by atoms with Crippen LogP contribution < -0.4 is 0 Å². The van der Waals surface area contributed by atoms with Crippen LogP contribution in [0.3, 0.4) is 0 Å². The number of nitrogens with zero attached hydrogens (tertiary/aromatic N) is 3. The van der Waals surface area contributed by atoms with E-state index in [9.17, 15) is 4.79 Å². The molecule has 0 fully saturated rings. The summed E-state index contributed by atoms with van der Waals surface area (Å²) < 4.78 is 17.2. The molecule has 2 rings (SSSR count). The Morgan fingerprint density at radius 3 is 3.05 bits per heavy atom. The highest BCUT2D eigenvalue weighted by atomic mass is 127. The minimum atomic E-state index is -0.410. The van der Waals surface area contributed by atoms with Gasteiger partial charge in [0, 0.05) is 6.07 Å². The van der Waals surface area contributed by atoms with Crippen molar-refractivity contribution in [3.63, 3.8) is 0 Å². The molecular weight excluding hydrogens is 408 g/mol. The molecule has 0 bridgehead atoms. The van der Waals surface area contributed by atoms with Gasteiger partial charge in [0.05, 0.1) is 44.8 Å². The van der Waals surface area contributed by atoms with Gasteiger partial charge in [-0.05, 0) is 29.0 Å². The smallest absolute Gasteiger partial charge is 0.357 e. The Morgan fingerprint density at radius 1 is 1.43 bits per heavy atom. The molecule has 0 N–H and O–H groups in total. The molecule has 0 aliphatic rings. The maximum Gasteiger partial charge on any atom is 0.357 e. The van der Waals surface area contributed by atoms with Gasteiger partial charge in [0.1, 0.15) is 12.0 Å². The minimum Gasteiger partial charge on any atom is -0.461 e. The number of esters is 1. The van der Waals surface area contributed by atoms with Crippen LogP contribution in [0.25, 0.3) is 5.65 Å². The second-order valence-corrected chi connectivity index (χ2v) is 5.71. The quantitative estimate of drug-likeness (QED) is 0.281. The van der Waals surface area contributed by atoms with Crippen molar-refractivity contribution in [1.29, 1.82) is 0 Å². The van der Waals surface area contributed by atoms with E-state index in [0.29, 0.717) is 44.2 Å². The van der Waals surface area contributed by atoms with Crippen molar-refractivity contribution in [1.82, 2.24) is 14.4 Å². The zero-order valence-electron chi connectivity index (χ0n) is 11.4. The molecule has 1 atom stereocenters. The SMILES string of the molecule is CCOC(=O)c1cnc2cc(COCCOPI)ncn12. The maximum atomic E-state index is 11.7. The van der Waals surface area contributed by atoms with Crippen LogP contribution in [0.2, 0.25) is 0 Å². The minimum absolute atomic E-state index is 0.325. The monoisotopic (exact) mass is 423 g/mol. The number of carbonyl (C=O) groups excluding carboxylic acids is 1. The Bertz CT molecular complexity index is 607. The summed E-state index contributed by atoms with van der Waals surface area (Å²) in [5.41, 5.74) is 1.75. The Labute approximate surface area is 136 Å². The van der Waals surface area contributed by atoms with E-state index < -0.39 is 5.97 Å². The first kappa shape index (κ1) is 16.5. The number of ether oxygens (including phenoxy) is 2. The second kappa shape index (κ2) is 8.57. The number of halogens is 1. The molecule has 0 aliphatic carbocycles. The van der Waals surface area contributed by atoms with E-state index in [1.165, 1.54) is 6.20 Å². The van der Waals surface area contributed by atoms with Gasteiger partial charge in [-0.3, -0.25) is 4.40 Å². The highest BCUT2D eigenvalue weighted by Crippen LogP contribution is 2.20. The van der Waals surface area contributed by atoms with Crippen molar-refractivity contribution in [2.24, 2.45) is 0 Å². The van der Waals surface area contributed by atoms with E-state index in [-0.39, 0.29) is 0 Å². The molecule has 2 aromatic rings. The lowest BCUT2D eigenvalue weighted by atomic mass is 10.4. The van der Waals surface area contributed by atoms with Crippen LogP contribution in [0.15, 0.2) is 18.6 Å². The maximum absolute atomic E-state index is 11.7. The molecule has 0 amide bonds. The van der Waals surface area contributed by atoms with Gasteiger partial charge in [-0.15, -0.1) is 0 Å². The molecule has 114 valence electrons. The normalized spacial score (nSPS) is 11.5. The van der Waals surface area contributed by atoms with Crippen LogP contribution in [0.1, 0.15) is 23.1 Å². The highest BCUT2D eigenvalue weighted by molar-refractivity contribution is 14.2. The molecule has 9 heteroatoms. The molecule has 21 heavy (non-hydrogen) atoms. The predicted molar refractivity (Wildman–Crippen MR) is 86.9 cm³/mol. The average molecular weight is 423 g/mol. The Kier molecular flexibility index (Phi) is 6.75. The molecule has 2 heterocycles. The van der Waals surface area contributed by atoms with Crippen molar-refractivity contribution in [2.75, 3.05) is 19.8 Å². The van der Waals surface area contributed by atoms with Gasteiger partial charge in [0.25, 0.3) is 0 Å². The zero-order chi connectivity index (χ0) is 15.1. The van der Waals surface area contributed by atoms with Crippen LogP contribution in [-0.2, 0) is 20.6 Å². The molecular formula is C12H15IN3O4P. The molecule has 0 spiro atoms. The summed E-state index contributed by atoms with van der Waals surface area (Å²) in [5.74, 6) is -0.410. The van der Waals surface area contributed by atoms with Gasteiger partial charge in [0.15, 0.2) is 5.69 Å². The summed E-state index contributed by atoms with van der Waals surface area (Å²) >= 11 is 2.16. The standard InChI is InChI=1S/C12H15IN3O4P/c1-2-19-12(17)10-6-14-11-5-9(15-8-16(10)11)7-18-3-4-20-21-13/h5-6,8,21H,2-4,7H2,1H3. The van der Waals surface area contributed by atoms with Gasteiger partial charge >= 0.3 is 5.97 Å². The lowest BCUT2D eigenvalue weighted by molar-refractivity contribution is 0.0518. The highest BCUT2D eigenvalue weighted by Gasteiger charge is 2.13. The first-order valence-corrected chi connectivity index (χ1v) is 10.3. The summed E-state index contributed by atoms with van der Waals surface area (Å²) in [6.45, 7) is 3.99. The van der Waals surface area contributed by atoms with Crippen molar-refractivity contribution in [3.8, 4) is 0 Å². The Hall–Kier alpha value is -0.830. The number of hydrogen-bond donors (Lipinski definition) is 0. The zero-order valence-corrected chi connectivity index (χ0v) is 14.6. The summed E-state index contributed by atoms with van der Waals surface area (Å²) in [4.78, 5) is 20.2. The first-order chi connectivity index (χ1) is 10.3. The molecule has 7 nitrogen and oxygen atoms in total. The third-order valence-electron chi connectivity index (χ3n) is 2.58. The van der Waals surface area contributed by atoms with Crippen molar-refractivity contribution < 1.29 is 18.8 Å². The van der Waals surface area contributed by atoms with Gasteiger partial charge in [-0.2, -0.15) is 0 Å². The molecule has 2 aromatic heterocycles. The summed E-state index contributed by atoms with van der Waals surface area (Å²) in [6.07, 6.45) is 3.03. The van der Waals surface area contributed by atoms with Crippen LogP contribution in [-0.4, -0.2) is 40.2 Å². The number of fused-ring (bicyclic) bond motifs is 1. The average Bonchev–Trinajstić information content (AvgIpc) is 2.90.